The van der Waals surface area contributed by atoms with E-state index in [-0.39, 0.29) is 12.1 Å². The van der Waals surface area contributed by atoms with E-state index in [2.05, 4.69) is 15.5 Å². The molecule has 2 aromatic rings. The number of aryl methyl sites for hydroxylation is 1. The number of hydrogen-bond acceptors (Lipinski definition) is 6. The van der Waals surface area contributed by atoms with E-state index in [1.54, 1.807) is 18.1 Å². The summed E-state index contributed by atoms with van der Waals surface area (Å²) < 4.78 is 54.3. The van der Waals surface area contributed by atoms with Gasteiger partial charge in [0.1, 0.15) is 35.9 Å². The van der Waals surface area contributed by atoms with E-state index in [9.17, 15) is 17.6 Å². The summed E-state index contributed by atoms with van der Waals surface area (Å²) >= 11 is 0. The maximum Gasteiger partial charge on any atom is 0.257 e. The molecule has 0 bridgehead atoms. The van der Waals surface area contributed by atoms with Crippen molar-refractivity contribution < 1.29 is 17.6 Å². The van der Waals surface area contributed by atoms with Gasteiger partial charge in [-0.2, -0.15) is 5.10 Å². The normalized spacial score (nSPS) is 15.9. The van der Waals surface area contributed by atoms with Gasteiger partial charge < -0.3 is 0 Å². The Balaban J connectivity index is 1.70. The average Bonchev–Trinajstić information content (AvgIpc) is 3.17. The van der Waals surface area contributed by atoms with Crippen molar-refractivity contribution in [1.29, 1.82) is 0 Å². The second kappa shape index (κ2) is 7.24. The zero-order valence-corrected chi connectivity index (χ0v) is 15.3. The molecule has 2 aliphatic rings. The van der Waals surface area contributed by atoms with Gasteiger partial charge in [-0.3, -0.25) is 20.1 Å². The molecule has 4 rings (SSSR count). The predicted octanol–water partition coefficient (Wildman–Crippen LogP) is 2.48. The quantitative estimate of drug-likeness (QED) is 0.589. The van der Waals surface area contributed by atoms with Crippen LogP contribution in [0.3, 0.4) is 0 Å². The van der Waals surface area contributed by atoms with Crippen LogP contribution in [0.2, 0.25) is 0 Å². The molecule has 1 aromatic carbocycles. The van der Waals surface area contributed by atoms with E-state index >= 15 is 0 Å². The highest BCUT2D eigenvalue weighted by atomic mass is 19.3. The van der Waals surface area contributed by atoms with Crippen LogP contribution in [0.5, 0.6) is 0 Å². The predicted molar refractivity (Wildman–Crippen MR) is 97.5 cm³/mol. The van der Waals surface area contributed by atoms with Gasteiger partial charge in [-0.1, -0.05) is 0 Å². The zero-order chi connectivity index (χ0) is 20.7. The topological polar surface area (TPSA) is 74.7 Å². The third kappa shape index (κ3) is 3.68. The fourth-order valence-corrected chi connectivity index (χ4v) is 3.21. The number of alkyl halides is 2. The smallest absolute Gasteiger partial charge is 0.257 e. The first-order chi connectivity index (χ1) is 13.8. The number of hydrogen-bond donors (Lipinski definition) is 2. The molecule has 152 valence electrons. The van der Waals surface area contributed by atoms with Crippen LogP contribution in [0.4, 0.5) is 17.6 Å². The van der Waals surface area contributed by atoms with Crippen LogP contribution >= 0.6 is 0 Å². The van der Waals surface area contributed by atoms with E-state index in [0.717, 1.165) is 22.9 Å². The lowest BCUT2D eigenvalue weighted by Crippen LogP contribution is -2.34. The molecule has 0 saturated carbocycles. The first-order valence-corrected chi connectivity index (χ1v) is 8.66. The lowest BCUT2D eigenvalue weighted by molar-refractivity contribution is 0.121. The molecule has 0 saturated heterocycles. The molecule has 2 aliphatic heterocycles. The van der Waals surface area contributed by atoms with Crippen molar-refractivity contribution in [2.75, 3.05) is 0 Å². The zero-order valence-electron chi connectivity index (χ0n) is 15.3. The van der Waals surface area contributed by atoms with Crippen LogP contribution in [0.1, 0.15) is 16.8 Å². The minimum atomic E-state index is -2.54. The van der Waals surface area contributed by atoms with Crippen molar-refractivity contribution in [1.82, 2.24) is 25.2 Å². The largest absolute Gasteiger partial charge is 0.295 e. The molecule has 3 N–H and O–H groups in total. The van der Waals surface area contributed by atoms with E-state index in [1.165, 1.54) is 17.5 Å². The molecule has 0 amide bonds. The Kier molecular flexibility index (Phi) is 4.74. The minimum absolute atomic E-state index is 0.0179. The van der Waals surface area contributed by atoms with Crippen molar-refractivity contribution in [3.63, 3.8) is 0 Å². The number of halogens is 4. The third-order valence-corrected chi connectivity index (χ3v) is 4.49. The minimum Gasteiger partial charge on any atom is -0.295 e. The van der Waals surface area contributed by atoms with Crippen molar-refractivity contribution in [2.24, 2.45) is 10.8 Å². The molecular weight excluding hydrogens is 390 g/mol. The van der Waals surface area contributed by atoms with E-state index in [4.69, 9.17) is 5.84 Å². The van der Waals surface area contributed by atoms with Gasteiger partial charge in [-0.25, -0.2) is 28.4 Å². The lowest BCUT2D eigenvalue weighted by atomic mass is 10.1. The van der Waals surface area contributed by atoms with Crippen LogP contribution in [-0.2, 0) is 13.1 Å². The fourth-order valence-electron chi connectivity index (χ4n) is 3.21. The van der Waals surface area contributed by atoms with Crippen LogP contribution in [-0.4, -0.2) is 32.6 Å². The van der Waals surface area contributed by atoms with Crippen LogP contribution in [0.25, 0.3) is 5.70 Å². The van der Waals surface area contributed by atoms with Crippen molar-refractivity contribution in [3.05, 3.63) is 70.4 Å². The summed E-state index contributed by atoms with van der Waals surface area (Å²) in [6.07, 6.45) is 1.90. The van der Waals surface area contributed by atoms with Gasteiger partial charge in [0.05, 0.1) is 17.9 Å². The van der Waals surface area contributed by atoms with Gasteiger partial charge in [0.25, 0.3) is 6.43 Å². The Morgan fingerprint density at radius 3 is 2.79 bits per heavy atom. The van der Waals surface area contributed by atoms with Gasteiger partial charge in [-0.05, 0) is 25.1 Å². The number of nitrogens with two attached hydrogens (primary N) is 1. The lowest BCUT2D eigenvalue weighted by Gasteiger charge is -2.24. The Morgan fingerprint density at radius 1 is 1.24 bits per heavy atom. The average molecular weight is 407 g/mol. The fraction of sp³-hybridized carbons (Fsp3) is 0.222. The van der Waals surface area contributed by atoms with E-state index < -0.39 is 24.6 Å². The standard InChI is InChI=1S/C18H17F4N7/c1-10-13(6-28(25-10)8-16(21)22)17-18-15(7-27(23)9-24-18)29(26-17)5-11-4-12(19)2-3-14(11)20/h2-4,6-7,9,16,26H,5,8,23H2,1H3. The third-order valence-electron chi connectivity index (χ3n) is 4.49. The number of nitrogens with zero attached hydrogens (tertiary/aromatic N) is 5. The van der Waals surface area contributed by atoms with Crippen LogP contribution < -0.4 is 11.3 Å². The van der Waals surface area contributed by atoms with Crippen LogP contribution in [0.15, 0.2) is 47.0 Å². The summed E-state index contributed by atoms with van der Waals surface area (Å²) in [5, 5.41) is 6.90. The van der Waals surface area contributed by atoms with Crippen molar-refractivity contribution >= 4 is 12.0 Å². The number of fused-ring (bicyclic) bond motifs is 1. The highest BCUT2D eigenvalue weighted by molar-refractivity contribution is 5.78. The van der Waals surface area contributed by atoms with E-state index in [0.29, 0.717) is 28.3 Å². The highest BCUT2D eigenvalue weighted by Crippen LogP contribution is 2.35. The molecule has 1 aromatic heterocycles. The molecule has 29 heavy (non-hydrogen) atoms. The summed E-state index contributed by atoms with van der Waals surface area (Å²) in [6.45, 7) is 1.13. The molecule has 0 radical (unpaired) electrons. The number of benzene rings is 1. The number of nitrogens with one attached hydrogen (secondary N) is 1. The maximum absolute atomic E-state index is 14.1. The van der Waals surface area contributed by atoms with Gasteiger partial charge in [-0.15, -0.1) is 0 Å². The molecule has 0 spiro atoms. The van der Waals surface area contributed by atoms with Gasteiger partial charge >= 0.3 is 0 Å². The van der Waals surface area contributed by atoms with Gasteiger partial charge in [0.15, 0.2) is 0 Å². The number of rotatable bonds is 5. The number of hydrazine groups is 2. The summed E-state index contributed by atoms with van der Waals surface area (Å²) in [6, 6.07) is 3.20. The second-order valence-corrected chi connectivity index (χ2v) is 6.60. The summed E-state index contributed by atoms with van der Waals surface area (Å²) in [4.78, 5) is 4.30. The summed E-state index contributed by atoms with van der Waals surface area (Å²) in [5.41, 5.74) is 5.82. The highest BCUT2D eigenvalue weighted by Gasteiger charge is 2.32. The molecule has 11 heteroatoms. The molecule has 0 unspecified atom stereocenters. The first-order valence-electron chi connectivity index (χ1n) is 8.66. The number of aromatic nitrogens is 2. The van der Waals surface area contributed by atoms with Crippen molar-refractivity contribution in [3.8, 4) is 0 Å². The Bertz CT molecular complexity index is 1040. The van der Waals surface area contributed by atoms with Gasteiger partial charge in [0.2, 0.25) is 0 Å². The van der Waals surface area contributed by atoms with Gasteiger partial charge in [0, 0.05) is 23.5 Å². The summed E-state index contributed by atoms with van der Waals surface area (Å²) in [7, 11) is 0. The first kappa shape index (κ1) is 19.0. The Labute approximate surface area is 163 Å². The maximum atomic E-state index is 14.1. The monoisotopic (exact) mass is 407 g/mol. The Morgan fingerprint density at radius 2 is 2.03 bits per heavy atom. The SMILES string of the molecule is Cc1nn(CC(F)F)cc1C1=C2N=CN(N)C=C2N(Cc2cc(F)ccc2F)N1. The van der Waals surface area contributed by atoms with E-state index in [1.807, 2.05) is 0 Å². The second-order valence-electron chi connectivity index (χ2n) is 6.60. The number of aliphatic imine (C=N–C) groups is 1. The van der Waals surface area contributed by atoms with Crippen molar-refractivity contribution in [2.45, 2.75) is 26.4 Å². The molecule has 0 aliphatic carbocycles. The molecule has 3 heterocycles. The molecular formula is C18H17F4N7. The molecule has 7 nitrogen and oxygen atoms in total. The Hall–Kier alpha value is -3.34. The molecule has 0 fully saturated rings. The molecule has 0 atom stereocenters. The van der Waals surface area contributed by atoms with Crippen LogP contribution in [0, 0.1) is 18.6 Å². The summed E-state index contributed by atoms with van der Waals surface area (Å²) in [5.74, 6) is 4.65.